The first-order chi connectivity index (χ1) is 15.3. The van der Waals surface area contributed by atoms with Gasteiger partial charge in [0.2, 0.25) is 27.6 Å². The van der Waals surface area contributed by atoms with Crippen LogP contribution in [0.2, 0.25) is 0 Å². The van der Waals surface area contributed by atoms with E-state index >= 15 is 0 Å². The number of thiophene rings is 1. The zero-order valence-corrected chi connectivity index (χ0v) is 19.9. The molecule has 4 rings (SSSR count). The molecule has 3 heterocycles. The zero-order valence-electron chi connectivity index (χ0n) is 18.3. The van der Waals surface area contributed by atoms with Gasteiger partial charge in [-0.15, -0.1) is 11.3 Å². The van der Waals surface area contributed by atoms with Crippen LogP contribution in [0.15, 0.2) is 39.8 Å². The standard InChI is InChI=1S/C22H26N4O4S2/c1-4-20-24-21(25-30-20)19-12-18(15(3)31-19)23-22(27)16-6-5-11-26(13-16)32(28,29)17-9-7-14(2)8-10-17/h7-10,12,16H,4-6,11,13H2,1-3H3,(H,23,27). The molecule has 32 heavy (non-hydrogen) atoms. The van der Waals surface area contributed by atoms with Crippen LogP contribution in [0.25, 0.3) is 10.7 Å². The van der Waals surface area contributed by atoms with Crippen LogP contribution >= 0.6 is 11.3 Å². The molecule has 1 atom stereocenters. The van der Waals surface area contributed by atoms with Crippen molar-refractivity contribution in [2.45, 2.75) is 44.9 Å². The van der Waals surface area contributed by atoms with E-state index in [1.165, 1.54) is 15.6 Å². The summed E-state index contributed by atoms with van der Waals surface area (Å²) in [4.78, 5) is 19.3. The minimum atomic E-state index is -3.63. The van der Waals surface area contributed by atoms with Crippen molar-refractivity contribution >= 4 is 33.0 Å². The van der Waals surface area contributed by atoms with Crippen molar-refractivity contribution < 1.29 is 17.7 Å². The Morgan fingerprint density at radius 3 is 2.72 bits per heavy atom. The molecule has 0 spiro atoms. The second kappa shape index (κ2) is 9.13. The number of piperidine rings is 1. The van der Waals surface area contributed by atoms with E-state index < -0.39 is 15.9 Å². The predicted molar refractivity (Wildman–Crippen MR) is 123 cm³/mol. The normalized spacial score (nSPS) is 17.4. The molecule has 0 aliphatic carbocycles. The van der Waals surface area contributed by atoms with Crippen LogP contribution in [-0.4, -0.2) is 41.9 Å². The topological polar surface area (TPSA) is 105 Å². The Labute approximate surface area is 191 Å². The van der Waals surface area contributed by atoms with Crippen LogP contribution in [0.5, 0.6) is 0 Å². The van der Waals surface area contributed by atoms with Crippen molar-refractivity contribution in [1.82, 2.24) is 14.4 Å². The molecule has 1 unspecified atom stereocenters. The first-order valence-corrected chi connectivity index (χ1v) is 12.8. The summed E-state index contributed by atoms with van der Waals surface area (Å²) in [5, 5.41) is 6.96. The number of amides is 1. The van der Waals surface area contributed by atoms with Crippen LogP contribution in [0, 0.1) is 19.8 Å². The minimum absolute atomic E-state index is 0.169. The van der Waals surface area contributed by atoms with E-state index in [9.17, 15) is 13.2 Å². The second-order valence-electron chi connectivity index (χ2n) is 7.95. The minimum Gasteiger partial charge on any atom is -0.339 e. The maximum Gasteiger partial charge on any atom is 0.243 e. The monoisotopic (exact) mass is 474 g/mol. The highest BCUT2D eigenvalue weighted by atomic mass is 32.2. The summed E-state index contributed by atoms with van der Waals surface area (Å²) < 4.78 is 32.7. The lowest BCUT2D eigenvalue weighted by Crippen LogP contribution is -2.43. The Morgan fingerprint density at radius 2 is 2.03 bits per heavy atom. The molecule has 1 saturated heterocycles. The number of aryl methyl sites for hydroxylation is 3. The maximum absolute atomic E-state index is 13.0. The van der Waals surface area contributed by atoms with Gasteiger partial charge in [0.05, 0.1) is 21.4 Å². The van der Waals surface area contributed by atoms with Crippen molar-refractivity contribution in [3.05, 3.63) is 46.7 Å². The van der Waals surface area contributed by atoms with Crippen LogP contribution < -0.4 is 5.32 Å². The summed E-state index contributed by atoms with van der Waals surface area (Å²) in [6.07, 6.45) is 1.94. The third-order valence-electron chi connectivity index (χ3n) is 5.58. The van der Waals surface area contributed by atoms with Crippen LogP contribution in [0.1, 0.15) is 36.1 Å². The summed E-state index contributed by atoms with van der Waals surface area (Å²) in [5.41, 5.74) is 1.69. The Hall–Kier alpha value is -2.56. The SMILES string of the molecule is CCc1nc(-c2cc(NC(=O)C3CCCN(S(=O)(=O)c4ccc(C)cc4)C3)c(C)s2)no1. The molecule has 0 bridgehead atoms. The van der Waals surface area contributed by atoms with Gasteiger partial charge in [0.25, 0.3) is 0 Å². The summed E-state index contributed by atoms with van der Waals surface area (Å²) >= 11 is 1.48. The molecule has 0 radical (unpaired) electrons. The lowest BCUT2D eigenvalue weighted by molar-refractivity contribution is -0.120. The number of nitrogens with one attached hydrogen (secondary N) is 1. The molecule has 170 valence electrons. The van der Waals surface area contributed by atoms with Gasteiger partial charge in [0.15, 0.2) is 0 Å². The summed E-state index contributed by atoms with van der Waals surface area (Å²) in [6.45, 7) is 6.35. The van der Waals surface area contributed by atoms with Gasteiger partial charge in [0.1, 0.15) is 0 Å². The number of hydrogen-bond acceptors (Lipinski definition) is 7. The van der Waals surface area contributed by atoms with E-state index in [1.807, 2.05) is 26.8 Å². The quantitative estimate of drug-likeness (QED) is 0.579. The van der Waals surface area contributed by atoms with Gasteiger partial charge in [-0.05, 0) is 44.9 Å². The fourth-order valence-electron chi connectivity index (χ4n) is 3.68. The Kier molecular flexibility index (Phi) is 6.45. The molecular weight excluding hydrogens is 448 g/mol. The molecule has 3 aromatic rings. The van der Waals surface area contributed by atoms with Crippen molar-refractivity contribution in [3.63, 3.8) is 0 Å². The molecule has 10 heteroatoms. The van der Waals surface area contributed by atoms with Gasteiger partial charge < -0.3 is 9.84 Å². The van der Waals surface area contributed by atoms with Crippen molar-refractivity contribution in [1.29, 1.82) is 0 Å². The number of anilines is 1. The van der Waals surface area contributed by atoms with Gasteiger partial charge in [0, 0.05) is 24.4 Å². The van der Waals surface area contributed by atoms with Crippen molar-refractivity contribution in [2.75, 3.05) is 18.4 Å². The number of carbonyl (C=O) groups is 1. The lowest BCUT2D eigenvalue weighted by Gasteiger charge is -2.31. The third kappa shape index (κ3) is 4.62. The van der Waals surface area contributed by atoms with Crippen molar-refractivity contribution in [3.8, 4) is 10.7 Å². The number of nitrogens with zero attached hydrogens (tertiary/aromatic N) is 3. The van der Waals surface area contributed by atoms with Crippen LogP contribution in [0.3, 0.4) is 0 Å². The highest BCUT2D eigenvalue weighted by Crippen LogP contribution is 2.33. The number of aromatic nitrogens is 2. The number of hydrogen-bond donors (Lipinski definition) is 1. The van der Waals surface area contributed by atoms with E-state index in [-0.39, 0.29) is 17.3 Å². The Bertz CT molecular complexity index is 1220. The fourth-order valence-corrected chi connectivity index (χ4v) is 6.11. The molecule has 1 amide bonds. The van der Waals surface area contributed by atoms with E-state index in [1.54, 1.807) is 24.3 Å². The number of benzene rings is 1. The fraction of sp³-hybridized carbons (Fsp3) is 0.409. The molecule has 8 nitrogen and oxygen atoms in total. The lowest BCUT2D eigenvalue weighted by atomic mass is 9.99. The van der Waals surface area contributed by atoms with Gasteiger partial charge in [-0.25, -0.2) is 8.42 Å². The van der Waals surface area contributed by atoms with Crippen LogP contribution in [0.4, 0.5) is 5.69 Å². The summed E-state index contributed by atoms with van der Waals surface area (Å²) in [7, 11) is -3.63. The second-order valence-corrected chi connectivity index (χ2v) is 11.1. The molecule has 1 aliphatic rings. The van der Waals surface area contributed by atoms with Gasteiger partial charge in [-0.1, -0.05) is 29.8 Å². The molecule has 1 N–H and O–H groups in total. The van der Waals surface area contributed by atoms with Crippen molar-refractivity contribution in [2.24, 2.45) is 5.92 Å². The van der Waals surface area contributed by atoms with Crippen LogP contribution in [-0.2, 0) is 21.2 Å². The largest absolute Gasteiger partial charge is 0.339 e. The van der Waals surface area contributed by atoms with Gasteiger partial charge in [-0.2, -0.15) is 9.29 Å². The molecule has 1 fully saturated rings. The molecule has 1 aromatic carbocycles. The third-order valence-corrected chi connectivity index (χ3v) is 8.51. The predicted octanol–water partition coefficient (Wildman–Crippen LogP) is 4.02. The molecular formula is C22H26N4O4S2. The summed E-state index contributed by atoms with van der Waals surface area (Å²) in [6, 6.07) is 8.64. The number of carbonyl (C=O) groups excluding carboxylic acids is 1. The maximum atomic E-state index is 13.0. The first kappa shape index (κ1) is 22.6. The average molecular weight is 475 g/mol. The average Bonchev–Trinajstić information content (AvgIpc) is 3.41. The highest BCUT2D eigenvalue weighted by Gasteiger charge is 2.33. The highest BCUT2D eigenvalue weighted by molar-refractivity contribution is 7.89. The Balaban J connectivity index is 1.46. The van der Waals surface area contributed by atoms with Gasteiger partial charge in [-0.3, -0.25) is 4.79 Å². The number of rotatable bonds is 6. The van der Waals surface area contributed by atoms with E-state index in [0.29, 0.717) is 43.2 Å². The number of sulfonamides is 1. The zero-order chi connectivity index (χ0) is 22.9. The summed E-state index contributed by atoms with van der Waals surface area (Å²) in [5.74, 6) is 0.476. The molecule has 2 aromatic heterocycles. The molecule has 0 saturated carbocycles. The first-order valence-electron chi connectivity index (χ1n) is 10.6. The Morgan fingerprint density at radius 1 is 1.28 bits per heavy atom. The smallest absolute Gasteiger partial charge is 0.243 e. The van der Waals surface area contributed by atoms with E-state index in [2.05, 4.69) is 15.5 Å². The van der Waals surface area contributed by atoms with E-state index in [4.69, 9.17) is 4.52 Å². The van der Waals surface area contributed by atoms with Gasteiger partial charge >= 0.3 is 0 Å². The molecule has 1 aliphatic heterocycles. The van der Waals surface area contributed by atoms with E-state index in [0.717, 1.165) is 15.3 Å².